The van der Waals surface area contributed by atoms with E-state index in [1.807, 2.05) is 46.8 Å². The molecule has 5 heteroatoms. The van der Waals surface area contributed by atoms with Crippen molar-refractivity contribution in [3.05, 3.63) is 27.2 Å². The van der Waals surface area contributed by atoms with E-state index in [-0.39, 0.29) is 18.3 Å². The summed E-state index contributed by atoms with van der Waals surface area (Å²) in [5.41, 5.74) is 1.43. The van der Waals surface area contributed by atoms with Crippen LogP contribution in [-0.4, -0.2) is 18.3 Å². The standard InChI is InChI=1S/C13H17BBrClO2/c1-8-6-10(15)11(16)7-9(8)14-17-12(2,3)13(4,5)18-14/h6-7H,1-5H3. The van der Waals surface area contributed by atoms with Crippen molar-refractivity contribution in [1.29, 1.82) is 0 Å². The Morgan fingerprint density at radius 3 is 2.11 bits per heavy atom. The second-order valence-corrected chi connectivity index (χ2v) is 6.97. The summed E-state index contributed by atoms with van der Waals surface area (Å²) in [5, 5.41) is 0.672. The van der Waals surface area contributed by atoms with Crippen molar-refractivity contribution < 1.29 is 9.31 Å². The van der Waals surface area contributed by atoms with Gasteiger partial charge in [-0.3, -0.25) is 0 Å². The van der Waals surface area contributed by atoms with E-state index in [1.165, 1.54) is 0 Å². The molecule has 0 radical (unpaired) electrons. The Morgan fingerprint density at radius 1 is 1.11 bits per heavy atom. The maximum atomic E-state index is 6.15. The molecule has 0 atom stereocenters. The summed E-state index contributed by atoms with van der Waals surface area (Å²) in [6, 6.07) is 3.89. The van der Waals surface area contributed by atoms with Gasteiger partial charge in [-0.05, 0) is 68.1 Å². The zero-order valence-electron chi connectivity index (χ0n) is 11.3. The Kier molecular flexibility index (Phi) is 3.61. The number of rotatable bonds is 1. The fourth-order valence-electron chi connectivity index (χ4n) is 1.89. The molecule has 1 aromatic rings. The third-order valence-corrected chi connectivity index (χ3v) is 5.01. The van der Waals surface area contributed by atoms with Gasteiger partial charge in [0.1, 0.15) is 0 Å². The van der Waals surface area contributed by atoms with Crippen molar-refractivity contribution in [2.75, 3.05) is 0 Å². The monoisotopic (exact) mass is 330 g/mol. The quantitative estimate of drug-likeness (QED) is 0.731. The summed E-state index contributed by atoms with van der Waals surface area (Å²) in [4.78, 5) is 0. The van der Waals surface area contributed by atoms with Crippen molar-refractivity contribution in [3.8, 4) is 0 Å². The summed E-state index contributed by atoms with van der Waals surface area (Å²) >= 11 is 9.57. The number of hydrogen-bond donors (Lipinski definition) is 0. The molecular weight excluding hydrogens is 314 g/mol. The van der Waals surface area contributed by atoms with E-state index in [2.05, 4.69) is 15.9 Å². The van der Waals surface area contributed by atoms with Crippen LogP contribution in [0.2, 0.25) is 5.02 Å². The van der Waals surface area contributed by atoms with Crippen LogP contribution in [0.15, 0.2) is 16.6 Å². The topological polar surface area (TPSA) is 18.5 Å². The molecule has 0 spiro atoms. The van der Waals surface area contributed by atoms with E-state index in [1.54, 1.807) is 0 Å². The van der Waals surface area contributed by atoms with Gasteiger partial charge in [0.15, 0.2) is 0 Å². The Balaban J connectivity index is 2.38. The number of hydrogen-bond acceptors (Lipinski definition) is 2. The van der Waals surface area contributed by atoms with E-state index >= 15 is 0 Å². The molecule has 0 aliphatic carbocycles. The lowest BCUT2D eigenvalue weighted by atomic mass is 9.76. The molecule has 0 bridgehead atoms. The fraction of sp³-hybridized carbons (Fsp3) is 0.538. The minimum absolute atomic E-state index is 0.330. The third-order valence-electron chi connectivity index (χ3n) is 3.82. The van der Waals surface area contributed by atoms with Crippen LogP contribution in [0.3, 0.4) is 0 Å². The average Bonchev–Trinajstić information content (AvgIpc) is 2.42. The van der Waals surface area contributed by atoms with Crippen LogP contribution in [0.4, 0.5) is 0 Å². The molecule has 0 amide bonds. The molecule has 1 fully saturated rings. The first-order valence-electron chi connectivity index (χ1n) is 5.95. The lowest BCUT2D eigenvalue weighted by Gasteiger charge is -2.32. The molecule has 0 unspecified atom stereocenters. The first-order chi connectivity index (χ1) is 8.14. The molecular formula is C13H17BBrClO2. The summed E-state index contributed by atoms with van der Waals surface area (Å²) < 4.78 is 12.9. The Bertz CT molecular complexity index is 472. The maximum absolute atomic E-state index is 6.15. The zero-order valence-corrected chi connectivity index (χ0v) is 13.6. The number of aryl methyl sites for hydroxylation is 1. The highest BCUT2D eigenvalue weighted by Gasteiger charge is 2.52. The summed E-state index contributed by atoms with van der Waals surface area (Å²) in [5.74, 6) is 0. The predicted octanol–water partition coefficient (Wildman–Crippen LogP) is 3.71. The van der Waals surface area contributed by atoms with Gasteiger partial charge in [0.25, 0.3) is 0 Å². The van der Waals surface area contributed by atoms with Gasteiger partial charge in [0, 0.05) is 4.47 Å². The van der Waals surface area contributed by atoms with Crippen molar-refractivity contribution in [2.45, 2.75) is 45.8 Å². The lowest BCUT2D eigenvalue weighted by molar-refractivity contribution is 0.00578. The van der Waals surface area contributed by atoms with E-state index < -0.39 is 0 Å². The molecule has 1 aromatic carbocycles. The van der Waals surface area contributed by atoms with Crippen molar-refractivity contribution in [1.82, 2.24) is 0 Å². The van der Waals surface area contributed by atoms with Crippen LogP contribution in [0.25, 0.3) is 0 Å². The van der Waals surface area contributed by atoms with E-state index in [0.29, 0.717) is 5.02 Å². The van der Waals surface area contributed by atoms with Crippen LogP contribution in [0.5, 0.6) is 0 Å². The molecule has 0 aromatic heterocycles. The summed E-state index contributed by atoms with van der Waals surface area (Å²) in [6.07, 6.45) is 0. The van der Waals surface area contributed by atoms with Crippen LogP contribution in [-0.2, 0) is 9.31 Å². The molecule has 1 aliphatic heterocycles. The van der Waals surface area contributed by atoms with Crippen molar-refractivity contribution in [2.24, 2.45) is 0 Å². The van der Waals surface area contributed by atoms with Gasteiger partial charge in [0.05, 0.1) is 16.2 Å². The van der Waals surface area contributed by atoms with Gasteiger partial charge >= 0.3 is 7.12 Å². The van der Waals surface area contributed by atoms with Crippen molar-refractivity contribution in [3.63, 3.8) is 0 Å². The van der Waals surface area contributed by atoms with E-state index in [4.69, 9.17) is 20.9 Å². The smallest absolute Gasteiger partial charge is 0.399 e. The van der Waals surface area contributed by atoms with E-state index in [0.717, 1.165) is 15.5 Å². The maximum Gasteiger partial charge on any atom is 0.495 e. The minimum atomic E-state index is -0.361. The average molecular weight is 331 g/mol. The highest BCUT2D eigenvalue weighted by Crippen LogP contribution is 2.37. The summed E-state index contributed by atoms with van der Waals surface area (Å²) in [6.45, 7) is 10.2. The molecule has 0 saturated carbocycles. The van der Waals surface area contributed by atoms with Gasteiger partial charge < -0.3 is 9.31 Å². The minimum Gasteiger partial charge on any atom is -0.399 e. The Labute approximate surface area is 122 Å². The molecule has 1 saturated heterocycles. The first kappa shape index (κ1) is 14.4. The highest BCUT2D eigenvalue weighted by molar-refractivity contribution is 9.10. The molecule has 1 aliphatic rings. The SMILES string of the molecule is Cc1cc(Br)c(Cl)cc1B1OC(C)(C)C(C)(C)O1. The van der Waals surface area contributed by atoms with Crippen LogP contribution < -0.4 is 5.46 Å². The normalized spacial score (nSPS) is 21.4. The van der Waals surface area contributed by atoms with Gasteiger partial charge in [-0.15, -0.1) is 0 Å². The highest BCUT2D eigenvalue weighted by atomic mass is 79.9. The summed E-state index contributed by atoms with van der Waals surface area (Å²) in [7, 11) is -0.361. The predicted molar refractivity (Wildman–Crippen MR) is 79.6 cm³/mol. The Morgan fingerprint density at radius 2 is 1.61 bits per heavy atom. The lowest BCUT2D eigenvalue weighted by Crippen LogP contribution is -2.41. The van der Waals surface area contributed by atoms with Gasteiger partial charge in [-0.1, -0.05) is 17.2 Å². The zero-order chi connectivity index (χ0) is 13.7. The molecule has 98 valence electrons. The Hall–Kier alpha value is -0.0251. The third kappa shape index (κ3) is 2.36. The van der Waals surface area contributed by atoms with Crippen LogP contribution in [0.1, 0.15) is 33.3 Å². The first-order valence-corrected chi connectivity index (χ1v) is 7.12. The van der Waals surface area contributed by atoms with E-state index in [9.17, 15) is 0 Å². The molecule has 18 heavy (non-hydrogen) atoms. The van der Waals surface area contributed by atoms with Crippen molar-refractivity contribution >= 4 is 40.1 Å². The molecule has 2 rings (SSSR count). The molecule has 1 heterocycles. The second-order valence-electron chi connectivity index (χ2n) is 5.71. The van der Waals surface area contributed by atoms with Crippen LogP contribution in [0, 0.1) is 6.92 Å². The largest absolute Gasteiger partial charge is 0.495 e. The second kappa shape index (κ2) is 4.52. The van der Waals surface area contributed by atoms with Gasteiger partial charge in [-0.25, -0.2) is 0 Å². The molecule has 2 nitrogen and oxygen atoms in total. The molecule has 0 N–H and O–H groups in total. The number of halogens is 2. The number of benzene rings is 1. The van der Waals surface area contributed by atoms with Gasteiger partial charge in [-0.2, -0.15) is 0 Å². The van der Waals surface area contributed by atoms with Crippen LogP contribution >= 0.6 is 27.5 Å². The fourth-order valence-corrected chi connectivity index (χ4v) is 2.52. The van der Waals surface area contributed by atoms with Gasteiger partial charge in [0.2, 0.25) is 0 Å².